The summed E-state index contributed by atoms with van der Waals surface area (Å²) in [7, 11) is 1.59. The van der Waals surface area contributed by atoms with E-state index in [9.17, 15) is 9.59 Å². The maximum absolute atomic E-state index is 12.5. The molecular weight excluding hydrogens is 400 g/mol. The summed E-state index contributed by atoms with van der Waals surface area (Å²) in [6.45, 7) is 0. The van der Waals surface area contributed by atoms with Gasteiger partial charge < -0.3 is 15.4 Å². The van der Waals surface area contributed by atoms with Gasteiger partial charge in [-0.15, -0.1) is 5.10 Å². The number of carbonyl (C=O) groups excluding carboxylic acids is 2. The molecule has 9 heteroatoms. The molecule has 2 amide bonds. The topological polar surface area (TPSA) is 92.2 Å². The summed E-state index contributed by atoms with van der Waals surface area (Å²) >= 11 is 7.20. The van der Waals surface area contributed by atoms with Gasteiger partial charge in [0.1, 0.15) is 11.0 Å². The van der Waals surface area contributed by atoms with Gasteiger partial charge in [0.15, 0.2) is 5.17 Å². The van der Waals surface area contributed by atoms with E-state index in [0.29, 0.717) is 10.7 Å². The van der Waals surface area contributed by atoms with Crippen molar-refractivity contribution in [3.63, 3.8) is 0 Å². The standard InChI is InChI=1S/C19H17ClN4O3S/c1-27-13-8-6-12(7-9-13)11-21-24-19-23-17(25)10-16(28-19)18(26)22-15-5-3-2-4-14(15)20/h2-9,11,16H,10H2,1H3,(H,22,26)(H,23,24,25)/b21-11-/t16-/m1/s1. The van der Waals surface area contributed by atoms with Crippen LogP contribution >= 0.6 is 23.4 Å². The highest BCUT2D eigenvalue weighted by Crippen LogP contribution is 2.25. The minimum atomic E-state index is -0.625. The Labute approximate surface area is 171 Å². The van der Waals surface area contributed by atoms with Crippen molar-refractivity contribution in [2.45, 2.75) is 11.7 Å². The van der Waals surface area contributed by atoms with E-state index in [-0.39, 0.29) is 23.4 Å². The van der Waals surface area contributed by atoms with Crippen molar-refractivity contribution in [1.82, 2.24) is 5.32 Å². The minimum absolute atomic E-state index is 0.0438. The van der Waals surface area contributed by atoms with E-state index in [1.54, 1.807) is 49.7 Å². The number of methoxy groups -OCH3 is 1. The molecule has 2 aromatic rings. The summed E-state index contributed by atoms with van der Waals surface area (Å²) in [5, 5.41) is 13.4. The highest BCUT2D eigenvalue weighted by Gasteiger charge is 2.30. The molecule has 0 unspecified atom stereocenters. The Morgan fingerprint density at radius 3 is 2.75 bits per heavy atom. The second-order valence-electron chi connectivity index (χ2n) is 5.75. The molecule has 28 heavy (non-hydrogen) atoms. The van der Waals surface area contributed by atoms with E-state index in [2.05, 4.69) is 20.8 Å². The molecule has 1 aliphatic rings. The van der Waals surface area contributed by atoms with Crippen LogP contribution in [0.25, 0.3) is 0 Å². The van der Waals surface area contributed by atoms with Gasteiger partial charge in [-0.2, -0.15) is 5.10 Å². The van der Waals surface area contributed by atoms with Gasteiger partial charge in [0.25, 0.3) is 0 Å². The lowest BCUT2D eigenvalue weighted by molar-refractivity contribution is -0.123. The molecule has 2 N–H and O–H groups in total. The molecule has 7 nitrogen and oxygen atoms in total. The number of hydrogen-bond acceptors (Lipinski definition) is 6. The third kappa shape index (κ3) is 5.34. The molecule has 0 aliphatic carbocycles. The molecule has 1 fully saturated rings. The number of rotatable bonds is 5. The second kappa shape index (κ2) is 9.38. The molecule has 0 radical (unpaired) electrons. The van der Waals surface area contributed by atoms with E-state index in [0.717, 1.165) is 23.1 Å². The molecule has 1 heterocycles. The monoisotopic (exact) mass is 416 g/mol. The third-order valence-corrected chi connectivity index (χ3v) is 5.17. The maximum Gasteiger partial charge on any atom is 0.238 e. The lowest BCUT2D eigenvalue weighted by Gasteiger charge is -2.21. The van der Waals surface area contributed by atoms with Gasteiger partial charge in [0, 0.05) is 6.42 Å². The molecule has 0 aromatic heterocycles. The average Bonchev–Trinajstić information content (AvgIpc) is 2.70. The van der Waals surface area contributed by atoms with Gasteiger partial charge in [0.05, 0.1) is 24.0 Å². The fraction of sp³-hybridized carbons (Fsp3) is 0.158. The first kappa shape index (κ1) is 19.9. The van der Waals surface area contributed by atoms with Crippen LogP contribution in [0, 0.1) is 0 Å². The van der Waals surface area contributed by atoms with Gasteiger partial charge in [-0.1, -0.05) is 35.5 Å². The van der Waals surface area contributed by atoms with Crippen molar-refractivity contribution in [2.24, 2.45) is 10.2 Å². The Kier molecular flexibility index (Phi) is 6.67. The smallest absolute Gasteiger partial charge is 0.238 e. The summed E-state index contributed by atoms with van der Waals surface area (Å²) in [6, 6.07) is 14.2. The number of thioether (sulfide) groups is 1. The van der Waals surface area contributed by atoms with Gasteiger partial charge in [-0.3, -0.25) is 9.59 Å². The van der Waals surface area contributed by atoms with E-state index < -0.39 is 5.25 Å². The fourth-order valence-electron chi connectivity index (χ4n) is 2.35. The van der Waals surface area contributed by atoms with Gasteiger partial charge in [-0.05, 0) is 42.0 Å². The molecule has 144 valence electrons. The highest BCUT2D eigenvalue weighted by molar-refractivity contribution is 8.15. The minimum Gasteiger partial charge on any atom is -0.497 e. The average molecular weight is 417 g/mol. The number of hydrogen-bond donors (Lipinski definition) is 2. The summed E-state index contributed by atoms with van der Waals surface area (Å²) in [5.41, 5.74) is 1.32. The van der Waals surface area contributed by atoms with Gasteiger partial charge in [0.2, 0.25) is 11.8 Å². The zero-order valence-corrected chi connectivity index (χ0v) is 16.5. The van der Waals surface area contributed by atoms with E-state index in [1.165, 1.54) is 0 Å². The van der Waals surface area contributed by atoms with Crippen LogP contribution in [-0.2, 0) is 9.59 Å². The van der Waals surface area contributed by atoms with Crippen LogP contribution in [0.5, 0.6) is 5.75 Å². The predicted molar refractivity (Wildman–Crippen MR) is 112 cm³/mol. The molecule has 0 spiro atoms. The molecule has 1 saturated heterocycles. The Balaban J connectivity index is 1.65. The van der Waals surface area contributed by atoms with E-state index in [4.69, 9.17) is 16.3 Å². The van der Waals surface area contributed by atoms with Crippen LogP contribution in [0.1, 0.15) is 12.0 Å². The Morgan fingerprint density at radius 1 is 1.29 bits per heavy atom. The number of benzene rings is 2. The number of nitrogens with one attached hydrogen (secondary N) is 2. The van der Waals surface area contributed by atoms with Crippen molar-refractivity contribution >= 4 is 52.2 Å². The Morgan fingerprint density at radius 2 is 2.04 bits per heavy atom. The van der Waals surface area contributed by atoms with Crippen LogP contribution in [0.3, 0.4) is 0 Å². The molecule has 1 aliphatic heterocycles. The number of amides is 2. The zero-order valence-electron chi connectivity index (χ0n) is 14.9. The van der Waals surface area contributed by atoms with E-state index >= 15 is 0 Å². The first-order chi connectivity index (χ1) is 13.5. The molecular formula is C19H17ClN4O3S. The molecule has 0 bridgehead atoms. The number of nitrogens with zero attached hydrogens (tertiary/aromatic N) is 2. The molecule has 1 atom stereocenters. The van der Waals surface area contributed by atoms with Crippen molar-refractivity contribution < 1.29 is 14.3 Å². The first-order valence-electron chi connectivity index (χ1n) is 8.32. The van der Waals surface area contributed by atoms with E-state index in [1.807, 2.05) is 12.1 Å². The van der Waals surface area contributed by atoms with Crippen LogP contribution < -0.4 is 15.4 Å². The lowest BCUT2D eigenvalue weighted by Crippen LogP contribution is -2.41. The van der Waals surface area contributed by atoms with Crippen LogP contribution in [0.4, 0.5) is 5.69 Å². The van der Waals surface area contributed by atoms with Crippen LogP contribution in [0.2, 0.25) is 5.02 Å². The van der Waals surface area contributed by atoms with Crippen molar-refractivity contribution in [3.8, 4) is 5.75 Å². The normalized spacial score (nSPS) is 18.1. The molecule has 2 aromatic carbocycles. The molecule has 3 rings (SSSR count). The van der Waals surface area contributed by atoms with Crippen LogP contribution in [0.15, 0.2) is 58.7 Å². The third-order valence-electron chi connectivity index (χ3n) is 3.77. The number of halogens is 1. The predicted octanol–water partition coefficient (Wildman–Crippen LogP) is 3.30. The Bertz CT molecular complexity index is 931. The SMILES string of the molecule is COc1ccc(/C=N\N=C2/NC(=O)C[C@H](C(=O)Nc3ccccc3Cl)S2)cc1. The number of ether oxygens (including phenoxy) is 1. The second-order valence-corrected chi connectivity index (χ2v) is 7.35. The lowest BCUT2D eigenvalue weighted by atomic mass is 10.2. The maximum atomic E-state index is 12.5. The van der Waals surface area contributed by atoms with Crippen molar-refractivity contribution in [3.05, 3.63) is 59.1 Å². The quantitative estimate of drug-likeness (QED) is 0.577. The summed E-state index contributed by atoms with van der Waals surface area (Å²) in [5.74, 6) is 0.127. The van der Waals surface area contributed by atoms with Crippen molar-refractivity contribution in [2.75, 3.05) is 12.4 Å². The summed E-state index contributed by atoms with van der Waals surface area (Å²) in [4.78, 5) is 24.4. The number of amidine groups is 1. The molecule has 0 saturated carbocycles. The summed E-state index contributed by atoms with van der Waals surface area (Å²) < 4.78 is 5.10. The fourth-order valence-corrected chi connectivity index (χ4v) is 3.47. The number of para-hydroxylation sites is 1. The number of carbonyl (C=O) groups is 2. The Hall–Kier alpha value is -2.84. The number of anilines is 1. The first-order valence-corrected chi connectivity index (χ1v) is 9.58. The van der Waals surface area contributed by atoms with Gasteiger partial charge in [-0.25, -0.2) is 0 Å². The van der Waals surface area contributed by atoms with Gasteiger partial charge >= 0.3 is 0 Å². The summed E-state index contributed by atoms with van der Waals surface area (Å²) in [6.07, 6.45) is 1.59. The highest BCUT2D eigenvalue weighted by atomic mass is 35.5. The zero-order chi connectivity index (χ0) is 19.9. The van der Waals surface area contributed by atoms with Crippen LogP contribution in [-0.4, -0.2) is 35.6 Å². The largest absolute Gasteiger partial charge is 0.497 e. The van der Waals surface area contributed by atoms with Crippen molar-refractivity contribution in [1.29, 1.82) is 0 Å².